The monoisotopic (exact) mass is 979 g/mol. The number of hydrogen-bond acceptors (Lipinski definition) is 16. The lowest BCUT2D eigenvalue weighted by atomic mass is 9.98. The molecule has 70 heavy (non-hydrogen) atoms. The van der Waals surface area contributed by atoms with Gasteiger partial charge in [-0.3, -0.25) is 24.0 Å². The number of benzene rings is 2. The summed E-state index contributed by atoms with van der Waals surface area (Å²) in [6.45, 7) is 20.0. The molecule has 3 atom stereocenters. The highest BCUT2D eigenvalue weighted by molar-refractivity contribution is 6.12. The topological polar surface area (TPSA) is 290 Å². The fourth-order valence-corrected chi connectivity index (χ4v) is 7.04. The van der Waals surface area contributed by atoms with E-state index in [2.05, 4.69) is 4.98 Å². The molecular formula is C50H69N5O15. The van der Waals surface area contributed by atoms with Crippen LogP contribution in [0.25, 0.3) is 11.3 Å². The number of H-pyrrole nitrogens is 1. The lowest BCUT2D eigenvalue weighted by molar-refractivity contribution is -0.167. The van der Waals surface area contributed by atoms with E-state index in [0.29, 0.717) is 67.4 Å². The molecule has 1 unspecified atom stereocenters. The summed E-state index contributed by atoms with van der Waals surface area (Å²) in [6, 6.07) is 12.5. The number of carboxylic acid groups (broad SMARTS) is 1. The second kappa shape index (κ2) is 26.7. The van der Waals surface area contributed by atoms with Gasteiger partial charge < -0.3 is 49.7 Å². The van der Waals surface area contributed by atoms with E-state index in [1.165, 1.54) is 43.0 Å². The summed E-state index contributed by atoms with van der Waals surface area (Å²) in [4.78, 5) is 119. The number of piperidine rings is 2. The van der Waals surface area contributed by atoms with E-state index >= 15 is 0 Å². The van der Waals surface area contributed by atoms with Crippen molar-refractivity contribution in [3.63, 3.8) is 0 Å². The molecule has 0 bridgehead atoms. The van der Waals surface area contributed by atoms with Gasteiger partial charge in [-0.2, -0.15) is 0 Å². The number of rotatable bonds is 12. The predicted molar refractivity (Wildman–Crippen MR) is 256 cm³/mol. The largest absolute Gasteiger partial charge is 0.481 e. The third-order valence-electron chi connectivity index (χ3n) is 10.2. The standard InChI is InChI=1S/C24H31N3O5.C24H31NO8.C2H4O2.H3N/c1-6-31-22(29)17-11-9-16(10-12-17)20-19(15(2)28)25-21(26-20)18-8-7-13-27(14-18)23(30)32-24(3,4)5;1-6-31-22(29)20(19(27)17-11-9-16(10-12-17)15(2)26)32-21(28)18-8-7-13-25(14-18)23(30)33-24(3,4)5;1-2(3)4;/h9-12,18H,6-8,13-14H2,1-5H3,(H,25,26);9-12,18,20H,6-8,13-14H2,1-5H3;1H3,(H,3,4);1H3/t18-;18-,20?;;/m11../s1. The highest BCUT2D eigenvalue weighted by atomic mass is 16.6. The van der Waals surface area contributed by atoms with E-state index in [9.17, 15) is 38.4 Å². The molecule has 0 aliphatic carbocycles. The normalized spacial score (nSPS) is 15.9. The summed E-state index contributed by atoms with van der Waals surface area (Å²) in [5, 5.41) is 7.42. The van der Waals surface area contributed by atoms with Crippen molar-refractivity contribution in [3.05, 3.63) is 76.7 Å². The van der Waals surface area contributed by atoms with Crippen molar-refractivity contribution < 1.29 is 71.9 Å². The smallest absolute Gasteiger partial charge is 0.410 e. The second-order valence-electron chi connectivity index (χ2n) is 18.3. The number of aromatic nitrogens is 2. The third-order valence-corrected chi connectivity index (χ3v) is 10.2. The number of Topliss-reactive ketones (excluding diaryl/α,β-unsaturated/α-hetero) is 3. The molecule has 20 nitrogen and oxygen atoms in total. The van der Waals surface area contributed by atoms with Crippen molar-refractivity contribution >= 4 is 53.4 Å². The number of likely N-dealkylation sites (tertiary alicyclic amines) is 2. The molecule has 20 heteroatoms. The Balaban J connectivity index is 0.000000440. The van der Waals surface area contributed by atoms with Crippen LogP contribution in [0, 0.1) is 5.92 Å². The second-order valence-corrected chi connectivity index (χ2v) is 18.3. The molecule has 2 amide bonds. The highest BCUT2D eigenvalue weighted by Crippen LogP contribution is 2.31. The minimum atomic E-state index is -1.78. The van der Waals surface area contributed by atoms with E-state index in [0.717, 1.165) is 25.3 Å². The number of hydrogen-bond donors (Lipinski definition) is 3. The number of ketones is 3. The zero-order chi connectivity index (χ0) is 51.8. The van der Waals surface area contributed by atoms with E-state index in [1.54, 1.807) is 63.8 Å². The Morgan fingerprint density at radius 2 is 1.19 bits per heavy atom. The predicted octanol–water partition coefficient (Wildman–Crippen LogP) is 8.02. The quantitative estimate of drug-likeness (QED) is 0.0670. The molecule has 0 radical (unpaired) electrons. The maximum atomic E-state index is 12.9. The highest BCUT2D eigenvalue weighted by Gasteiger charge is 2.38. The van der Waals surface area contributed by atoms with E-state index in [1.807, 2.05) is 20.8 Å². The molecule has 2 aliphatic heterocycles. The van der Waals surface area contributed by atoms with Crippen LogP contribution >= 0.6 is 0 Å². The van der Waals surface area contributed by atoms with Crippen LogP contribution in [0.2, 0.25) is 0 Å². The number of aliphatic carboxylic acids is 1. The van der Waals surface area contributed by atoms with Gasteiger partial charge in [0.25, 0.3) is 12.1 Å². The first-order chi connectivity index (χ1) is 32.2. The number of esters is 3. The van der Waals surface area contributed by atoms with Crippen molar-refractivity contribution in [2.45, 2.75) is 125 Å². The number of amides is 2. The number of nitrogens with one attached hydrogen (secondary N) is 1. The number of carbonyl (C=O) groups is 9. The average Bonchev–Trinajstić information content (AvgIpc) is 3.74. The van der Waals surface area contributed by atoms with Gasteiger partial charge in [0.2, 0.25) is 5.78 Å². The molecule has 3 aromatic rings. The Hall–Kier alpha value is -6.96. The fourth-order valence-electron chi connectivity index (χ4n) is 7.04. The van der Waals surface area contributed by atoms with Gasteiger partial charge in [-0.05, 0) is 100 Å². The number of ether oxygens (including phenoxy) is 5. The number of aromatic amines is 1. The van der Waals surface area contributed by atoms with E-state index in [4.69, 9.17) is 38.6 Å². The van der Waals surface area contributed by atoms with Crippen LogP contribution in [-0.2, 0) is 38.1 Å². The molecule has 3 heterocycles. The molecule has 2 aromatic carbocycles. The Morgan fingerprint density at radius 3 is 1.67 bits per heavy atom. The molecule has 384 valence electrons. The van der Waals surface area contributed by atoms with Crippen molar-refractivity contribution in [2.24, 2.45) is 5.92 Å². The van der Waals surface area contributed by atoms with Crippen LogP contribution in [0.5, 0.6) is 0 Å². The maximum absolute atomic E-state index is 12.9. The zero-order valence-electron chi connectivity index (χ0n) is 42.1. The van der Waals surface area contributed by atoms with Crippen LogP contribution in [0.1, 0.15) is 155 Å². The summed E-state index contributed by atoms with van der Waals surface area (Å²) < 4.78 is 26.1. The molecule has 2 aliphatic rings. The third kappa shape index (κ3) is 18.5. The first-order valence-corrected chi connectivity index (χ1v) is 22.8. The number of carbonyl (C=O) groups excluding carboxylic acids is 8. The SMILES string of the molecule is CC(=O)O.CCOC(=O)C(OC(=O)[C@@H]1CCCN(C(=O)OC(C)(C)C)C1)C(=O)c1ccc(C(C)=O)cc1.CCOC(=O)c1ccc(-c2nc([C@@H]3CCCN(C(=O)OC(C)(C)C)C3)[nH]c2C(C)=O)cc1.N. The van der Waals surface area contributed by atoms with Crippen LogP contribution in [0.3, 0.4) is 0 Å². The van der Waals surface area contributed by atoms with Gasteiger partial charge in [0.05, 0.1) is 30.4 Å². The maximum Gasteiger partial charge on any atom is 0.410 e. The van der Waals surface area contributed by atoms with Gasteiger partial charge >= 0.3 is 30.1 Å². The van der Waals surface area contributed by atoms with Gasteiger partial charge in [0, 0.05) is 62.6 Å². The number of carboxylic acids is 1. The molecule has 0 saturated carbocycles. The zero-order valence-corrected chi connectivity index (χ0v) is 42.1. The lowest BCUT2D eigenvalue weighted by Crippen LogP contribution is -2.46. The first-order valence-electron chi connectivity index (χ1n) is 22.8. The Morgan fingerprint density at radius 1 is 0.700 bits per heavy atom. The van der Waals surface area contributed by atoms with Gasteiger partial charge in [0.15, 0.2) is 11.6 Å². The Bertz CT molecular complexity index is 2310. The first kappa shape index (κ1) is 59.2. The van der Waals surface area contributed by atoms with Gasteiger partial charge in [-0.1, -0.05) is 36.4 Å². The molecule has 2 fully saturated rings. The van der Waals surface area contributed by atoms with Crippen molar-refractivity contribution in [3.8, 4) is 11.3 Å². The molecule has 5 N–H and O–H groups in total. The average molecular weight is 980 g/mol. The summed E-state index contributed by atoms with van der Waals surface area (Å²) >= 11 is 0. The van der Waals surface area contributed by atoms with Gasteiger partial charge in [-0.15, -0.1) is 0 Å². The molecule has 5 rings (SSSR count). The Kier molecular flexibility index (Phi) is 22.6. The Labute approximate surface area is 408 Å². The lowest BCUT2D eigenvalue weighted by Gasteiger charge is -2.33. The molecule has 1 aromatic heterocycles. The minimum Gasteiger partial charge on any atom is -0.481 e. The van der Waals surface area contributed by atoms with Crippen molar-refractivity contribution in [2.75, 3.05) is 39.4 Å². The molecule has 0 spiro atoms. The van der Waals surface area contributed by atoms with Crippen LogP contribution in [0.15, 0.2) is 48.5 Å². The van der Waals surface area contributed by atoms with Crippen LogP contribution in [-0.4, -0.2) is 135 Å². The summed E-state index contributed by atoms with van der Waals surface area (Å²) in [6.07, 6.45) is 0.00433. The van der Waals surface area contributed by atoms with Gasteiger partial charge in [0.1, 0.15) is 22.7 Å². The summed E-state index contributed by atoms with van der Waals surface area (Å²) in [5.41, 5.74) is 1.39. The van der Waals surface area contributed by atoms with Crippen LogP contribution < -0.4 is 6.15 Å². The van der Waals surface area contributed by atoms with E-state index in [-0.39, 0.29) is 48.4 Å². The van der Waals surface area contributed by atoms with Crippen LogP contribution in [0.4, 0.5) is 9.59 Å². The molecular weight excluding hydrogens is 911 g/mol. The van der Waals surface area contributed by atoms with Crippen molar-refractivity contribution in [1.29, 1.82) is 0 Å². The summed E-state index contributed by atoms with van der Waals surface area (Å²) in [5.74, 6) is -4.09. The molecule has 2 saturated heterocycles. The van der Waals surface area contributed by atoms with E-state index < -0.39 is 59.0 Å². The van der Waals surface area contributed by atoms with Crippen molar-refractivity contribution in [1.82, 2.24) is 25.9 Å². The number of imidazole rings is 1. The van der Waals surface area contributed by atoms with Gasteiger partial charge in [-0.25, -0.2) is 24.2 Å². The minimum absolute atomic E-state index is 0. The summed E-state index contributed by atoms with van der Waals surface area (Å²) in [7, 11) is 0. The fraction of sp³-hybridized carbons (Fsp3) is 0.520. The number of nitrogens with zero attached hydrogens (tertiary/aromatic N) is 3.